The molecule has 1 atom stereocenters. The van der Waals surface area contributed by atoms with Crippen molar-refractivity contribution in [3.05, 3.63) is 138 Å². The topological polar surface area (TPSA) is 107 Å². The monoisotopic (exact) mass is 515 g/mol. The Labute approximate surface area is 224 Å². The Morgan fingerprint density at radius 2 is 1.46 bits per heavy atom. The minimum atomic E-state index is -0.587. The SMILES string of the molecule is O=C(NO)c1ccc(C(N2C=C(c3ccccc3)NN2)n2cc(-c3ccccc3)nn2)cc1-c1ccccc1. The normalized spacial score (nSPS) is 13.5. The van der Waals surface area contributed by atoms with Gasteiger partial charge in [-0.1, -0.05) is 102 Å². The first-order valence-electron chi connectivity index (χ1n) is 12.4. The molecule has 0 radical (unpaired) electrons. The number of rotatable bonds is 7. The Morgan fingerprint density at radius 3 is 2.13 bits per heavy atom. The fraction of sp³-hybridized carbons (Fsp3) is 0.0333. The predicted molar refractivity (Wildman–Crippen MR) is 147 cm³/mol. The zero-order chi connectivity index (χ0) is 26.6. The van der Waals surface area contributed by atoms with Crippen molar-refractivity contribution in [1.82, 2.24) is 36.4 Å². The predicted octanol–water partition coefficient (Wildman–Crippen LogP) is 4.60. The van der Waals surface area contributed by atoms with Gasteiger partial charge in [-0.15, -0.1) is 10.6 Å². The molecule has 1 unspecified atom stereocenters. The van der Waals surface area contributed by atoms with Crippen LogP contribution in [-0.4, -0.2) is 31.1 Å². The van der Waals surface area contributed by atoms with Crippen LogP contribution in [0, 0.1) is 0 Å². The van der Waals surface area contributed by atoms with Crippen LogP contribution >= 0.6 is 0 Å². The van der Waals surface area contributed by atoms with Crippen molar-refractivity contribution in [2.45, 2.75) is 6.17 Å². The molecule has 4 aromatic carbocycles. The van der Waals surface area contributed by atoms with E-state index >= 15 is 0 Å². The third-order valence-electron chi connectivity index (χ3n) is 6.54. The van der Waals surface area contributed by atoms with E-state index in [1.807, 2.05) is 121 Å². The van der Waals surface area contributed by atoms with Gasteiger partial charge in [0, 0.05) is 22.9 Å². The lowest BCUT2D eigenvalue weighted by molar-refractivity contribution is 0.0707. The number of hydrazine groups is 2. The zero-order valence-electron chi connectivity index (χ0n) is 20.8. The highest BCUT2D eigenvalue weighted by Crippen LogP contribution is 2.32. The standard InChI is InChI=1S/C30H25N7O2/c38-29(33-39)25-17-16-24(18-26(25)21-10-4-1-5-11-21)30(36-19-27(31-34-36)22-12-6-2-7-13-22)37-20-28(32-35-37)23-14-8-3-9-15-23/h1-20,30-31,34,39H,(H,33,38). The summed E-state index contributed by atoms with van der Waals surface area (Å²) < 4.78 is 1.78. The summed E-state index contributed by atoms with van der Waals surface area (Å²) in [7, 11) is 0. The molecule has 1 amide bonds. The van der Waals surface area contributed by atoms with Crippen molar-refractivity contribution in [1.29, 1.82) is 0 Å². The maximum absolute atomic E-state index is 12.5. The number of nitrogens with zero attached hydrogens (tertiary/aromatic N) is 4. The third kappa shape index (κ3) is 4.87. The lowest BCUT2D eigenvalue weighted by Gasteiger charge is -2.28. The first kappa shape index (κ1) is 24.1. The van der Waals surface area contributed by atoms with Gasteiger partial charge in [0.15, 0.2) is 6.17 Å². The summed E-state index contributed by atoms with van der Waals surface area (Å²) in [6.07, 6.45) is 3.39. The summed E-state index contributed by atoms with van der Waals surface area (Å²) in [5, 5.41) is 20.2. The Balaban J connectivity index is 1.47. The molecule has 192 valence electrons. The fourth-order valence-electron chi connectivity index (χ4n) is 4.64. The molecule has 1 aliphatic rings. The molecule has 1 aromatic heterocycles. The van der Waals surface area contributed by atoms with Gasteiger partial charge in [-0.3, -0.25) is 15.0 Å². The zero-order valence-corrected chi connectivity index (χ0v) is 20.8. The van der Waals surface area contributed by atoms with Crippen molar-refractivity contribution < 1.29 is 10.0 Å². The van der Waals surface area contributed by atoms with Gasteiger partial charge >= 0.3 is 0 Å². The molecule has 5 aromatic rings. The van der Waals surface area contributed by atoms with Gasteiger partial charge < -0.3 is 5.43 Å². The van der Waals surface area contributed by atoms with Crippen molar-refractivity contribution in [2.75, 3.05) is 0 Å². The molecule has 9 heteroatoms. The maximum atomic E-state index is 12.5. The summed E-state index contributed by atoms with van der Waals surface area (Å²) in [5.74, 6) is -0.587. The average molecular weight is 516 g/mol. The smallest absolute Gasteiger partial charge is 0.275 e. The molecule has 0 saturated heterocycles. The van der Waals surface area contributed by atoms with Gasteiger partial charge in [0.05, 0.1) is 11.9 Å². The Bertz CT molecular complexity index is 1620. The summed E-state index contributed by atoms with van der Waals surface area (Å²) >= 11 is 0. The van der Waals surface area contributed by atoms with Crippen LogP contribution in [0.4, 0.5) is 0 Å². The van der Waals surface area contributed by atoms with E-state index in [1.54, 1.807) is 16.2 Å². The number of carbonyl (C=O) groups excluding carboxylic acids is 1. The second kappa shape index (κ2) is 10.6. The van der Waals surface area contributed by atoms with Crippen LogP contribution < -0.4 is 16.4 Å². The molecule has 0 aliphatic carbocycles. The molecule has 0 spiro atoms. The van der Waals surface area contributed by atoms with E-state index in [0.29, 0.717) is 11.1 Å². The van der Waals surface area contributed by atoms with E-state index in [0.717, 1.165) is 33.6 Å². The molecule has 1 aliphatic heterocycles. The molecular formula is C30H25N7O2. The van der Waals surface area contributed by atoms with Crippen LogP contribution in [0.25, 0.3) is 28.1 Å². The van der Waals surface area contributed by atoms with Gasteiger partial charge in [0.2, 0.25) is 0 Å². The molecule has 9 nitrogen and oxygen atoms in total. The molecule has 39 heavy (non-hydrogen) atoms. The number of nitrogens with one attached hydrogen (secondary N) is 3. The molecule has 0 bridgehead atoms. The van der Waals surface area contributed by atoms with E-state index < -0.39 is 12.1 Å². The van der Waals surface area contributed by atoms with E-state index in [-0.39, 0.29) is 0 Å². The van der Waals surface area contributed by atoms with E-state index in [2.05, 4.69) is 21.3 Å². The number of carbonyl (C=O) groups is 1. The lowest BCUT2D eigenvalue weighted by atomic mass is 9.95. The van der Waals surface area contributed by atoms with E-state index in [4.69, 9.17) is 0 Å². The minimum absolute atomic E-state index is 0.350. The van der Waals surface area contributed by atoms with Gasteiger partial charge in [0.1, 0.15) is 5.69 Å². The quantitative estimate of drug-likeness (QED) is 0.185. The molecule has 6 rings (SSSR count). The average Bonchev–Trinajstić information content (AvgIpc) is 3.69. The third-order valence-corrected chi connectivity index (χ3v) is 6.54. The second-order valence-electron chi connectivity index (χ2n) is 8.99. The highest BCUT2D eigenvalue weighted by Gasteiger charge is 2.28. The number of hydrogen-bond donors (Lipinski definition) is 4. The Kier molecular flexibility index (Phi) is 6.57. The van der Waals surface area contributed by atoms with Crippen LogP contribution in [0.3, 0.4) is 0 Å². The van der Waals surface area contributed by atoms with Gasteiger partial charge in [-0.25, -0.2) is 10.2 Å². The minimum Gasteiger partial charge on any atom is -0.302 e. The highest BCUT2D eigenvalue weighted by atomic mass is 16.5. The number of hydrogen-bond acceptors (Lipinski definition) is 7. The first-order chi connectivity index (χ1) is 19.2. The number of benzene rings is 4. The Hall–Kier alpha value is -5.25. The van der Waals surface area contributed by atoms with E-state index in [9.17, 15) is 10.0 Å². The van der Waals surface area contributed by atoms with Crippen molar-refractivity contribution in [2.24, 2.45) is 0 Å². The largest absolute Gasteiger partial charge is 0.302 e. The van der Waals surface area contributed by atoms with Gasteiger partial charge in [-0.2, -0.15) is 0 Å². The Morgan fingerprint density at radius 1 is 0.821 bits per heavy atom. The van der Waals surface area contributed by atoms with Crippen LogP contribution in [0.5, 0.6) is 0 Å². The van der Waals surface area contributed by atoms with Crippen molar-refractivity contribution in [3.8, 4) is 22.4 Å². The second-order valence-corrected chi connectivity index (χ2v) is 8.99. The van der Waals surface area contributed by atoms with Gasteiger partial charge in [0.25, 0.3) is 5.91 Å². The number of hydroxylamine groups is 1. The summed E-state index contributed by atoms with van der Waals surface area (Å²) in [6.45, 7) is 0. The summed E-state index contributed by atoms with van der Waals surface area (Å²) in [6, 6.07) is 34.9. The molecule has 0 saturated carbocycles. The highest BCUT2D eigenvalue weighted by molar-refractivity contribution is 6.00. The molecule has 4 N–H and O–H groups in total. The van der Waals surface area contributed by atoms with Gasteiger partial charge in [-0.05, 0) is 28.8 Å². The molecule has 0 fully saturated rings. The molecular weight excluding hydrogens is 490 g/mol. The lowest BCUT2D eigenvalue weighted by Crippen LogP contribution is -2.41. The molecule has 2 heterocycles. The van der Waals surface area contributed by atoms with Crippen molar-refractivity contribution in [3.63, 3.8) is 0 Å². The summed E-state index contributed by atoms with van der Waals surface area (Å²) in [5.41, 5.74) is 14.6. The van der Waals surface area contributed by atoms with Crippen molar-refractivity contribution >= 4 is 11.6 Å². The van der Waals surface area contributed by atoms with Crippen LogP contribution in [0.2, 0.25) is 0 Å². The maximum Gasteiger partial charge on any atom is 0.275 e. The number of amides is 1. The van der Waals surface area contributed by atoms with Crippen LogP contribution in [-0.2, 0) is 0 Å². The first-order valence-corrected chi connectivity index (χ1v) is 12.4. The van der Waals surface area contributed by atoms with E-state index in [1.165, 1.54) is 0 Å². The summed E-state index contributed by atoms with van der Waals surface area (Å²) in [4.78, 5) is 12.5. The van der Waals surface area contributed by atoms with Crippen LogP contribution in [0.1, 0.15) is 27.7 Å². The fourth-order valence-corrected chi connectivity index (χ4v) is 4.64. The number of aromatic nitrogens is 3. The van der Waals surface area contributed by atoms with Crippen LogP contribution in [0.15, 0.2) is 122 Å².